The van der Waals surface area contributed by atoms with E-state index in [2.05, 4.69) is 25.6 Å². The first-order chi connectivity index (χ1) is 6.24. The number of nitrogens with two attached hydrogens (primary N) is 1. The van der Waals surface area contributed by atoms with Crippen molar-refractivity contribution >= 4 is 11.8 Å². The van der Waals surface area contributed by atoms with Gasteiger partial charge in [-0.15, -0.1) is 0 Å². The van der Waals surface area contributed by atoms with Crippen LogP contribution in [0.2, 0.25) is 0 Å². The second kappa shape index (κ2) is 5.92. The Balaban J connectivity index is 2.10. The summed E-state index contributed by atoms with van der Waals surface area (Å²) in [6, 6.07) is 0.395. The molecule has 1 aliphatic rings. The highest BCUT2D eigenvalue weighted by Gasteiger charge is 2.18. The fraction of sp³-hybridized carbons (Fsp3) is 1.00. The Kier molecular flexibility index (Phi) is 5.18. The molecule has 0 radical (unpaired) electrons. The molecule has 2 heteroatoms. The molecule has 78 valence electrons. The SMILES string of the molecule is CCC(N)C(C)SCC1CCCC1. The molecule has 1 nitrogen and oxygen atoms in total. The van der Waals surface area contributed by atoms with Crippen LogP contribution in [-0.2, 0) is 0 Å². The second-order valence-electron chi connectivity index (χ2n) is 4.26. The van der Waals surface area contributed by atoms with E-state index in [0.29, 0.717) is 11.3 Å². The van der Waals surface area contributed by atoms with Gasteiger partial charge in [0.2, 0.25) is 0 Å². The lowest BCUT2D eigenvalue weighted by Gasteiger charge is -2.19. The molecular formula is C11H23NS. The fourth-order valence-corrected chi connectivity index (χ4v) is 3.27. The van der Waals surface area contributed by atoms with E-state index >= 15 is 0 Å². The Bertz CT molecular complexity index is 132. The summed E-state index contributed by atoms with van der Waals surface area (Å²) in [5, 5.41) is 0.644. The van der Waals surface area contributed by atoms with Crippen LogP contribution in [0.5, 0.6) is 0 Å². The third-order valence-corrected chi connectivity index (χ3v) is 4.68. The van der Waals surface area contributed by atoms with Gasteiger partial charge in [0, 0.05) is 11.3 Å². The maximum Gasteiger partial charge on any atom is 0.0170 e. The summed E-state index contributed by atoms with van der Waals surface area (Å²) in [6.45, 7) is 4.45. The van der Waals surface area contributed by atoms with Crippen molar-refractivity contribution < 1.29 is 0 Å². The Morgan fingerprint density at radius 2 is 2.00 bits per heavy atom. The molecule has 2 atom stereocenters. The zero-order valence-corrected chi connectivity index (χ0v) is 9.78. The molecular weight excluding hydrogens is 178 g/mol. The minimum Gasteiger partial charge on any atom is -0.327 e. The topological polar surface area (TPSA) is 26.0 Å². The molecule has 0 amide bonds. The van der Waals surface area contributed by atoms with Gasteiger partial charge < -0.3 is 5.73 Å². The zero-order valence-electron chi connectivity index (χ0n) is 8.96. The fourth-order valence-electron chi connectivity index (χ4n) is 1.92. The largest absolute Gasteiger partial charge is 0.327 e. The zero-order chi connectivity index (χ0) is 9.68. The van der Waals surface area contributed by atoms with Gasteiger partial charge in [-0.1, -0.05) is 26.7 Å². The first-order valence-corrected chi connectivity index (χ1v) is 6.66. The van der Waals surface area contributed by atoms with Crippen LogP contribution < -0.4 is 5.73 Å². The van der Waals surface area contributed by atoms with Gasteiger partial charge in [0.05, 0.1) is 0 Å². The Morgan fingerprint density at radius 3 is 2.54 bits per heavy atom. The maximum absolute atomic E-state index is 5.98. The smallest absolute Gasteiger partial charge is 0.0170 e. The molecule has 0 heterocycles. The van der Waals surface area contributed by atoms with Gasteiger partial charge in [-0.3, -0.25) is 0 Å². The lowest BCUT2D eigenvalue weighted by atomic mass is 10.1. The van der Waals surface area contributed by atoms with Crippen molar-refractivity contribution in [2.24, 2.45) is 11.7 Å². The third kappa shape index (κ3) is 3.90. The van der Waals surface area contributed by atoms with Crippen LogP contribution in [0.3, 0.4) is 0 Å². The number of thioether (sulfide) groups is 1. The minimum absolute atomic E-state index is 0.395. The molecule has 0 saturated heterocycles. The Hall–Kier alpha value is 0.310. The molecule has 0 aromatic carbocycles. The molecule has 13 heavy (non-hydrogen) atoms. The van der Waals surface area contributed by atoms with Gasteiger partial charge in [-0.05, 0) is 30.9 Å². The summed E-state index contributed by atoms with van der Waals surface area (Å²) in [4.78, 5) is 0. The van der Waals surface area contributed by atoms with Crippen LogP contribution in [0.4, 0.5) is 0 Å². The number of hydrogen-bond acceptors (Lipinski definition) is 2. The molecule has 0 aromatic rings. The molecule has 0 spiro atoms. The van der Waals surface area contributed by atoms with Gasteiger partial charge in [0.15, 0.2) is 0 Å². The van der Waals surface area contributed by atoms with Gasteiger partial charge in [-0.25, -0.2) is 0 Å². The summed E-state index contributed by atoms with van der Waals surface area (Å²) in [5.41, 5.74) is 5.98. The van der Waals surface area contributed by atoms with E-state index in [4.69, 9.17) is 5.73 Å². The molecule has 1 saturated carbocycles. The van der Waals surface area contributed by atoms with Crippen molar-refractivity contribution in [2.75, 3.05) is 5.75 Å². The maximum atomic E-state index is 5.98. The summed E-state index contributed by atoms with van der Waals surface area (Å²) < 4.78 is 0. The minimum atomic E-state index is 0.395. The van der Waals surface area contributed by atoms with Crippen LogP contribution in [0.15, 0.2) is 0 Å². The second-order valence-corrected chi connectivity index (χ2v) is 5.67. The van der Waals surface area contributed by atoms with E-state index < -0.39 is 0 Å². The normalized spacial score (nSPS) is 23.3. The number of rotatable bonds is 5. The summed E-state index contributed by atoms with van der Waals surface area (Å²) >= 11 is 2.08. The first kappa shape index (κ1) is 11.4. The van der Waals surface area contributed by atoms with Crippen LogP contribution in [0.25, 0.3) is 0 Å². The van der Waals surface area contributed by atoms with E-state index in [1.54, 1.807) is 0 Å². The van der Waals surface area contributed by atoms with Crippen molar-refractivity contribution in [3.63, 3.8) is 0 Å². The Labute approximate surface area is 86.8 Å². The third-order valence-electron chi connectivity index (χ3n) is 3.14. The summed E-state index contributed by atoms with van der Waals surface area (Å²) in [5.74, 6) is 2.34. The van der Waals surface area contributed by atoms with Crippen molar-refractivity contribution in [1.82, 2.24) is 0 Å². The van der Waals surface area contributed by atoms with E-state index in [0.717, 1.165) is 12.3 Å². The van der Waals surface area contributed by atoms with Crippen molar-refractivity contribution in [3.05, 3.63) is 0 Å². The van der Waals surface area contributed by atoms with Crippen molar-refractivity contribution in [2.45, 2.75) is 57.2 Å². The predicted octanol–water partition coefficient (Wildman–Crippen LogP) is 3.04. The first-order valence-electron chi connectivity index (χ1n) is 5.61. The summed E-state index contributed by atoms with van der Waals surface area (Å²) in [6.07, 6.45) is 6.94. The van der Waals surface area contributed by atoms with Gasteiger partial charge in [0.25, 0.3) is 0 Å². The highest BCUT2D eigenvalue weighted by molar-refractivity contribution is 7.99. The molecule has 2 unspecified atom stereocenters. The average Bonchev–Trinajstić information content (AvgIpc) is 2.65. The van der Waals surface area contributed by atoms with Crippen molar-refractivity contribution in [3.8, 4) is 0 Å². The molecule has 0 aromatic heterocycles. The van der Waals surface area contributed by atoms with E-state index in [1.165, 1.54) is 31.4 Å². The lowest BCUT2D eigenvalue weighted by Crippen LogP contribution is -2.29. The Morgan fingerprint density at radius 1 is 1.38 bits per heavy atom. The van der Waals surface area contributed by atoms with E-state index in [9.17, 15) is 0 Å². The molecule has 0 bridgehead atoms. The molecule has 1 rings (SSSR count). The summed E-state index contributed by atoms with van der Waals surface area (Å²) in [7, 11) is 0. The van der Waals surface area contributed by atoms with E-state index in [1.807, 2.05) is 0 Å². The van der Waals surface area contributed by atoms with Gasteiger partial charge in [-0.2, -0.15) is 11.8 Å². The van der Waals surface area contributed by atoms with Gasteiger partial charge in [0.1, 0.15) is 0 Å². The molecule has 1 aliphatic carbocycles. The highest BCUT2D eigenvalue weighted by atomic mass is 32.2. The standard InChI is InChI=1S/C11H23NS/c1-3-11(12)9(2)13-8-10-6-4-5-7-10/h9-11H,3-8,12H2,1-2H3. The van der Waals surface area contributed by atoms with E-state index in [-0.39, 0.29) is 0 Å². The quantitative estimate of drug-likeness (QED) is 0.740. The van der Waals surface area contributed by atoms with Crippen LogP contribution in [-0.4, -0.2) is 17.0 Å². The van der Waals surface area contributed by atoms with Crippen LogP contribution in [0, 0.1) is 5.92 Å². The van der Waals surface area contributed by atoms with Crippen molar-refractivity contribution in [1.29, 1.82) is 0 Å². The monoisotopic (exact) mass is 201 g/mol. The average molecular weight is 201 g/mol. The van der Waals surface area contributed by atoms with Crippen LogP contribution in [0.1, 0.15) is 46.0 Å². The molecule has 2 N–H and O–H groups in total. The molecule has 1 fully saturated rings. The van der Waals surface area contributed by atoms with Gasteiger partial charge >= 0.3 is 0 Å². The number of hydrogen-bond donors (Lipinski definition) is 1. The van der Waals surface area contributed by atoms with Crippen LogP contribution >= 0.6 is 11.8 Å². The molecule has 0 aliphatic heterocycles. The highest BCUT2D eigenvalue weighted by Crippen LogP contribution is 2.29. The predicted molar refractivity (Wildman–Crippen MR) is 62.1 cm³/mol. The lowest BCUT2D eigenvalue weighted by molar-refractivity contribution is 0.611.